The van der Waals surface area contributed by atoms with E-state index < -0.39 is 0 Å². The van der Waals surface area contributed by atoms with Crippen molar-refractivity contribution in [2.45, 2.75) is 40.8 Å². The topological polar surface area (TPSA) is 22.3 Å². The van der Waals surface area contributed by atoms with Gasteiger partial charge in [-0.1, -0.05) is 27.7 Å². The number of nitrogens with one attached hydrogen (secondary N) is 1. The molecule has 0 aliphatic carbocycles. The molecule has 0 aliphatic rings. The third kappa shape index (κ3) is 4.52. The number of aromatic nitrogens is 1. The van der Waals surface area contributed by atoms with Gasteiger partial charge in [0.15, 0.2) is 0 Å². The molecule has 0 radical (unpaired) electrons. The number of hydrogen-bond acceptors (Lipinski definition) is 2. The molecule has 0 unspecified atom stereocenters. The monoisotopic (exact) mass is 237 g/mol. The average molecular weight is 237 g/mol. The normalized spacial score (nSPS) is 11.6. The molecule has 3 nitrogen and oxygen atoms in total. The van der Waals surface area contributed by atoms with Crippen molar-refractivity contribution >= 4 is 0 Å². The molecule has 1 aromatic heterocycles. The van der Waals surface area contributed by atoms with E-state index in [1.165, 1.54) is 11.4 Å². The van der Waals surface area contributed by atoms with Crippen LogP contribution < -0.4 is 0 Å². The third-order valence-electron chi connectivity index (χ3n) is 3.38. The maximum atomic E-state index is 3.53. The van der Waals surface area contributed by atoms with E-state index in [0.29, 0.717) is 0 Å². The summed E-state index contributed by atoms with van der Waals surface area (Å²) in [5, 5.41) is 0. The van der Waals surface area contributed by atoms with Crippen molar-refractivity contribution in [3.8, 4) is 0 Å². The van der Waals surface area contributed by atoms with E-state index in [4.69, 9.17) is 0 Å². The minimum atomic E-state index is 1.03. The van der Waals surface area contributed by atoms with Crippen LogP contribution in [0.15, 0.2) is 12.1 Å². The van der Waals surface area contributed by atoms with Crippen molar-refractivity contribution < 1.29 is 0 Å². The van der Waals surface area contributed by atoms with Crippen molar-refractivity contribution in [3.63, 3.8) is 0 Å². The average Bonchev–Trinajstić information content (AvgIpc) is 2.80. The van der Waals surface area contributed by atoms with Gasteiger partial charge in [0, 0.05) is 24.5 Å². The van der Waals surface area contributed by atoms with Crippen LogP contribution in [-0.4, -0.2) is 41.0 Å². The molecule has 0 spiro atoms. The smallest absolute Gasteiger partial charge is 0.0384 e. The van der Waals surface area contributed by atoms with E-state index in [1.54, 1.807) is 0 Å². The largest absolute Gasteiger partial charge is 0.360 e. The summed E-state index contributed by atoms with van der Waals surface area (Å²) in [6.07, 6.45) is 0. The van der Waals surface area contributed by atoms with Crippen LogP contribution in [-0.2, 0) is 13.1 Å². The van der Waals surface area contributed by atoms with E-state index in [0.717, 1.165) is 39.3 Å². The van der Waals surface area contributed by atoms with Crippen molar-refractivity contribution in [1.29, 1.82) is 0 Å². The first kappa shape index (κ1) is 14.3. The van der Waals surface area contributed by atoms with E-state index >= 15 is 0 Å². The summed E-state index contributed by atoms with van der Waals surface area (Å²) in [6.45, 7) is 15.4. The van der Waals surface area contributed by atoms with Crippen LogP contribution in [0.4, 0.5) is 0 Å². The molecule has 98 valence electrons. The molecular formula is C14H27N3. The molecule has 1 rings (SSSR count). The van der Waals surface area contributed by atoms with Gasteiger partial charge in [-0.25, -0.2) is 0 Å². The Morgan fingerprint density at radius 3 is 1.41 bits per heavy atom. The van der Waals surface area contributed by atoms with Crippen LogP contribution in [0.1, 0.15) is 39.1 Å². The second-order valence-corrected chi connectivity index (χ2v) is 4.43. The highest BCUT2D eigenvalue weighted by atomic mass is 15.1. The lowest BCUT2D eigenvalue weighted by Crippen LogP contribution is -2.23. The van der Waals surface area contributed by atoms with Gasteiger partial charge in [0.2, 0.25) is 0 Å². The molecule has 0 atom stereocenters. The molecular weight excluding hydrogens is 210 g/mol. The summed E-state index contributed by atoms with van der Waals surface area (Å²) in [5.41, 5.74) is 2.66. The highest BCUT2D eigenvalue weighted by Gasteiger charge is 2.06. The lowest BCUT2D eigenvalue weighted by atomic mass is 10.3. The van der Waals surface area contributed by atoms with Crippen LogP contribution in [0, 0.1) is 0 Å². The fourth-order valence-electron chi connectivity index (χ4n) is 2.05. The van der Waals surface area contributed by atoms with Crippen LogP contribution in [0.2, 0.25) is 0 Å². The Morgan fingerprint density at radius 2 is 1.12 bits per heavy atom. The Hall–Kier alpha value is -0.800. The molecule has 0 aliphatic heterocycles. The zero-order valence-electron chi connectivity index (χ0n) is 11.8. The van der Waals surface area contributed by atoms with E-state index in [-0.39, 0.29) is 0 Å². The second kappa shape index (κ2) is 7.51. The summed E-state index contributed by atoms with van der Waals surface area (Å²) in [6, 6.07) is 4.44. The summed E-state index contributed by atoms with van der Waals surface area (Å²) in [4.78, 5) is 8.38. The van der Waals surface area contributed by atoms with Gasteiger partial charge in [0.05, 0.1) is 0 Å². The minimum Gasteiger partial charge on any atom is -0.360 e. The standard InChI is InChI=1S/C14H27N3/c1-5-16(6-2)11-13-9-10-14(15-13)12-17(7-3)8-4/h9-10,15H,5-8,11-12H2,1-4H3. The molecule has 0 amide bonds. The van der Waals surface area contributed by atoms with Crippen molar-refractivity contribution in [2.24, 2.45) is 0 Å². The predicted molar refractivity (Wildman–Crippen MR) is 74.0 cm³/mol. The fraction of sp³-hybridized carbons (Fsp3) is 0.714. The van der Waals surface area contributed by atoms with Gasteiger partial charge in [-0.05, 0) is 38.3 Å². The van der Waals surface area contributed by atoms with Gasteiger partial charge in [-0.3, -0.25) is 9.80 Å². The maximum absolute atomic E-state index is 3.53. The summed E-state index contributed by atoms with van der Waals surface area (Å²) in [7, 11) is 0. The zero-order valence-corrected chi connectivity index (χ0v) is 11.8. The highest BCUT2D eigenvalue weighted by Crippen LogP contribution is 2.08. The number of nitrogens with zero attached hydrogens (tertiary/aromatic N) is 2. The molecule has 0 saturated heterocycles. The van der Waals surface area contributed by atoms with Crippen LogP contribution in [0.3, 0.4) is 0 Å². The SMILES string of the molecule is CCN(CC)Cc1ccc(CN(CC)CC)[nH]1. The number of rotatable bonds is 8. The van der Waals surface area contributed by atoms with E-state index in [1.807, 2.05) is 0 Å². The lowest BCUT2D eigenvalue weighted by Gasteiger charge is -2.18. The molecule has 1 aromatic rings. The molecule has 3 heteroatoms. The molecule has 0 aromatic carbocycles. The van der Waals surface area contributed by atoms with Gasteiger partial charge in [-0.15, -0.1) is 0 Å². The third-order valence-corrected chi connectivity index (χ3v) is 3.38. The summed E-state index contributed by atoms with van der Waals surface area (Å²) < 4.78 is 0. The lowest BCUT2D eigenvalue weighted by molar-refractivity contribution is 0.286. The van der Waals surface area contributed by atoms with Gasteiger partial charge < -0.3 is 4.98 Å². The van der Waals surface area contributed by atoms with Crippen LogP contribution >= 0.6 is 0 Å². The second-order valence-electron chi connectivity index (χ2n) is 4.43. The molecule has 17 heavy (non-hydrogen) atoms. The molecule has 1 N–H and O–H groups in total. The fourth-order valence-corrected chi connectivity index (χ4v) is 2.05. The minimum absolute atomic E-state index is 1.03. The maximum Gasteiger partial charge on any atom is 0.0384 e. The van der Waals surface area contributed by atoms with Gasteiger partial charge in [0.1, 0.15) is 0 Å². The Morgan fingerprint density at radius 1 is 0.765 bits per heavy atom. The molecule has 0 saturated carbocycles. The quantitative estimate of drug-likeness (QED) is 0.751. The van der Waals surface area contributed by atoms with Gasteiger partial charge >= 0.3 is 0 Å². The van der Waals surface area contributed by atoms with Crippen molar-refractivity contribution in [1.82, 2.24) is 14.8 Å². The summed E-state index contributed by atoms with van der Waals surface area (Å²) in [5.74, 6) is 0. The Labute approximate surface area is 106 Å². The van der Waals surface area contributed by atoms with Crippen molar-refractivity contribution in [3.05, 3.63) is 23.5 Å². The summed E-state index contributed by atoms with van der Waals surface area (Å²) >= 11 is 0. The van der Waals surface area contributed by atoms with Crippen LogP contribution in [0.25, 0.3) is 0 Å². The van der Waals surface area contributed by atoms with Gasteiger partial charge in [-0.2, -0.15) is 0 Å². The highest BCUT2D eigenvalue weighted by molar-refractivity contribution is 5.13. The van der Waals surface area contributed by atoms with Crippen LogP contribution in [0.5, 0.6) is 0 Å². The van der Waals surface area contributed by atoms with E-state index in [2.05, 4.69) is 54.6 Å². The number of aromatic amines is 1. The van der Waals surface area contributed by atoms with Crippen molar-refractivity contribution in [2.75, 3.05) is 26.2 Å². The Balaban J connectivity index is 2.52. The first-order chi connectivity index (χ1) is 8.23. The predicted octanol–water partition coefficient (Wildman–Crippen LogP) is 2.70. The first-order valence-electron chi connectivity index (χ1n) is 6.84. The number of hydrogen-bond donors (Lipinski definition) is 1. The first-order valence-corrected chi connectivity index (χ1v) is 6.84. The number of H-pyrrole nitrogens is 1. The Bertz CT molecular complexity index is 270. The molecule has 0 fully saturated rings. The zero-order chi connectivity index (χ0) is 12.7. The Kier molecular flexibility index (Phi) is 6.30. The molecule has 1 heterocycles. The van der Waals surface area contributed by atoms with Gasteiger partial charge in [0.25, 0.3) is 0 Å². The molecule has 0 bridgehead atoms. The van der Waals surface area contributed by atoms with E-state index in [9.17, 15) is 0 Å².